The standard InChI is InChI=1S/C8H10F3N3/c9-8(10,11)7-2-4-13-14(7)6-1-3-12-5-6/h2,4,6,12H,1,3,5H2. The molecule has 1 aliphatic heterocycles. The topological polar surface area (TPSA) is 29.9 Å². The Labute approximate surface area is 78.9 Å². The van der Waals surface area contributed by atoms with Gasteiger partial charge in [0.15, 0.2) is 0 Å². The fourth-order valence-corrected chi connectivity index (χ4v) is 1.68. The minimum atomic E-state index is -4.31. The van der Waals surface area contributed by atoms with Crippen molar-refractivity contribution in [3.05, 3.63) is 18.0 Å². The molecule has 0 aromatic carbocycles. The fourth-order valence-electron chi connectivity index (χ4n) is 1.68. The number of nitrogens with one attached hydrogen (secondary N) is 1. The highest BCUT2D eigenvalue weighted by molar-refractivity contribution is 5.07. The van der Waals surface area contributed by atoms with E-state index in [2.05, 4.69) is 10.4 Å². The normalized spacial score (nSPS) is 22.9. The van der Waals surface area contributed by atoms with Gasteiger partial charge >= 0.3 is 6.18 Å². The number of hydrogen-bond donors (Lipinski definition) is 1. The zero-order valence-corrected chi connectivity index (χ0v) is 7.38. The first-order chi connectivity index (χ1) is 6.59. The second kappa shape index (κ2) is 3.27. The summed E-state index contributed by atoms with van der Waals surface area (Å²) in [6.45, 7) is 1.31. The van der Waals surface area contributed by atoms with Crippen LogP contribution in [0.15, 0.2) is 12.3 Å². The molecule has 0 spiro atoms. The van der Waals surface area contributed by atoms with E-state index in [1.54, 1.807) is 0 Å². The largest absolute Gasteiger partial charge is 0.433 e. The highest BCUT2D eigenvalue weighted by Crippen LogP contribution is 2.31. The van der Waals surface area contributed by atoms with Crippen molar-refractivity contribution in [2.75, 3.05) is 13.1 Å². The van der Waals surface area contributed by atoms with Crippen LogP contribution in [-0.2, 0) is 6.18 Å². The molecule has 1 aromatic rings. The highest BCUT2D eigenvalue weighted by Gasteiger charge is 2.36. The Balaban J connectivity index is 2.29. The lowest BCUT2D eigenvalue weighted by Gasteiger charge is -2.15. The first kappa shape index (κ1) is 9.51. The van der Waals surface area contributed by atoms with Crippen molar-refractivity contribution in [3.63, 3.8) is 0 Å². The van der Waals surface area contributed by atoms with Crippen LogP contribution in [0.25, 0.3) is 0 Å². The minimum Gasteiger partial charge on any atom is -0.315 e. The smallest absolute Gasteiger partial charge is 0.315 e. The van der Waals surface area contributed by atoms with Crippen molar-refractivity contribution in [3.8, 4) is 0 Å². The van der Waals surface area contributed by atoms with Crippen molar-refractivity contribution in [1.29, 1.82) is 0 Å². The molecular formula is C8H10F3N3. The third kappa shape index (κ3) is 1.61. The molecule has 2 heterocycles. The molecule has 1 unspecified atom stereocenters. The van der Waals surface area contributed by atoms with Gasteiger partial charge in [-0.3, -0.25) is 4.68 Å². The van der Waals surface area contributed by atoms with Crippen LogP contribution in [0, 0.1) is 0 Å². The summed E-state index contributed by atoms with van der Waals surface area (Å²) in [6, 6.07) is 0.847. The maximum Gasteiger partial charge on any atom is 0.433 e. The van der Waals surface area contributed by atoms with Crippen molar-refractivity contribution in [1.82, 2.24) is 15.1 Å². The van der Waals surface area contributed by atoms with E-state index in [-0.39, 0.29) is 6.04 Å². The van der Waals surface area contributed by atoms with Crippen LogP contribution in [0.3, 0.4) is 0 Å². The van der Waals surface area contributed by atoms with Gasteiger partial charge in [-0.25, -0.2) is 0 Å². The van der Waals surface area contributed by atoms with Crippen LogP contribution in [-0.4, -0.2) is 22.9 Å². The Morgan fingerprint density at radius 3 is 2.86 bits per heavy atom. The van der Waals surface area contributed by atoms with Crippen molar-refractivity contribution in [2.24, 2.45) is 0 Å². The van der Waals surface area contributed by atoms with Gasteiger partial charge in [-0.1, -0.05) is 0 Å². The zero-order chi connectivity index (χ0) is 10.2. The first-order valence-corrected chi connectivity index (χ1v) is 4.40. The molecule has 1 fully saturated rings. The van der Waals surface area contributed by atoms with Gasteiger partial charge in [0.25, 0.3) is 0 Å². The third-order valence-electron chi connectivity index (χ3n) is 2.34. The summed E-state index contributed by atoms with van der Waals surface area (Å²) in [7, 11) is 0. The monoisotopic (exact) mass is 205 g/mol. The van der Waals surface area contributed by atoms with Gasteiger partial charge in [-0.2, -0.15) is 18.3 Å². The number of halogens is 3. The lowest BCUT2D eigenvalue weighted by atomic mass is 10.2. The van der Waals surface area contributed by atoms with Crippen LogP contribution in [0.5, 0.6) is 0 Å². The summed E-state index contributed by atoms with van der Waals surface area (Å²) in [4.78, 5) is 0. The average Bonchev–Trinajstić information content (AvgIpc) is 2.73. The summed E-state index contributed by atoms with van der Waals surface area (Å²) in [6.07, 6.45) is -2.41. The Morgan fingerprint density at radius 1 is 1.50 bits per heavy atom. The Bertz CT molecular complexity index is 312. The van der Waals surface area contributed by atoms with Crippen molar-refractivity contribution < 1.29 is 13.2 Å². The molecule has 0 bridgehead atoms. The maximum absolute atomic E-state index is 12.5. The maximum atomic E-state index is 12.5. The lowest BCUT2D eigenvalue weighted by molar-refractivity contribution is -0.144. The molecule has 1 aromatic heterocycles. The van der Waals surface area contributed by atoms with Gasteiger partial charge in [0.1, 0.15) is 5.69 Å². The van der Waals surface area contributed by atoms with Gasteiger partial charge in [0.05, 0.1) is 6.04 Å². The molecule has 1 N–H and O–H groups in total. The molecule has 1 aliphatic rings. The van der Waals surface area contributed by atoms with Crippen LogP contribution in [0.2, 0.25) is 0 Å². The predicted molar refractivity (Wildman–Crippen MR) is 43.8 cm³/mol. The number of alkyl halides is 3. The molecule has 0 amide bonds. The van der Waals surface area contributed by atoms with Crippen LogP contribution < -0.4 is 5.32 Å². The number of nitrogens with zero attached hydrogens (tertiary/aromatic N) is 2. The molecule has 0 radical (unpaired) electrons. The van der Waals surface area contributed by atoms with Crippen LogP contribution in [0.4, 0.5) is 13.2 Å². The molecule has 1 saturated heterocycles. The Morgan fingerprint density at radius 2 is 2.29 bits per heavy atom. The van der Waals surface area contributed by atoms with E-state index in [9.17, 15) is 13.2 Å². The Hall–Kier alpha value is -1.04. The first-order valence-electron chi connectivity index (χ1n) is 4.40. The zero-order valence-electron chi connectivity index (χ0n) is 7.38. The average molecular weight is 205 g/mol. The molecule has 14 heavy (non-hydrogen) atoms. The van der Waals surface area contributed by atoms with E-state index >= 15 is 0 Å². The quantitative estimate of drug-likeness (QED) is 0.751. The molecule has 1 atom stereocenters. The van der Waals surface area contributed by atoms with E-state index in [4.69, 9.17) is 0 Å². The summed E-state index contributed by atoms with van der Waals surface area (Å²) in [5.41, 5.74) is -0.661. The summed E-state index contributed by atoms with van der Waals surface area (Å²) in [5.74, 6) is 0. The number of rotatable bonds is 1. The summed E-state index contributed by atoms with van der Waals surface area (Å²) in [5, 5.41) is 6.73. The van der Waals surface area contributed by atoms with Gasteiger partial charge < -0.3 is 5.32 Å². The molecule has 2 rings (SSSR count). The molecule has 3 nitrogen and oxygen atoms in total. The van der Waals surface area contributed by atoms with Crippen LogP contribution >= 0.6 is 0 Å². The molecular weight excluding hydrogens is 195 g/mol. The number of aromatic nitrogens is 2. The summed E-state index contributed by atoms with van der Waals surface area (Å²) < 4.78 is 38.4. The summed E-state index contributed by atoms with van der Waals surface area (Å²) >= 11 is 0. The third-order valence-corrected chi connectivity index (χ3v) is 2.34. The highest BCUT2D eigenvalue weighted by atomic mass is 19.4. The van der Waals surface area contributed by atoms with E-state index in [0.29, 0.717) is 13.0 Å². The molecule has 0 aliphatic carbocycles. The minimum absolute atomic E-state index is 0.165. The van der Waals surface area contributed by atoms with E-state index < -0.39 is 11.9 Å². The predicted octanol–water partition coefficient (Wildman–Crippen LogP) is 1.44. The second-order valence-corrected chi connectivity index (χ2v) is 3.31. The molecule has 6 heteroatoms. The fraction of sp³-hybridized carbons (Fsp3) is 0.625. The van der Waals surface area contributed by atoms with E-state index in [1.165, 1.54) is 6.20 Å². The molecule has 78 valence electrons. The van der Waals surface area contributed by atoms with E-state index in [0.717, 1.165) is 17.3 Å². The SMILES string of the molecule is FC(F)(F)c1ccnn1C1CCNC1. The van der Waals surface area contributed by atoms with E-state index in [1.807, 2.05) is 0 Å². The van der Waals surface area contributed by atoms with Crippen molar-refractivity contribution in [2.45, 2.75) is 18.6 Å². The Kier molecular flexibility index (Phi) is 2.22. The van der Waals surface area contributed by atoms with Gasteiger partial charge in [0.2, 0.25) is 0 Å². The second-order valence-electron chi connectivity index (χ2n) is 3.31. The molecule has 0 saturated carbocycles. The van der Waals surface area contributed by atoms with Crippen molar-refractivity contribution >= 4 is 0 Å². The van der Waals surface area contributed by atoms with Gasteiger partial charge in [-0.15, -0.1) is 0 Å². The number of hydrogen-bond acceptors (Lipinski definition) is 2. The van der Waals surface area contributed by atoms with Gasteiger partial charge in [-0.05, 0) is 19.0 Å². The van der Waals surface area contributed by atoms with Gasteiger partial charge in [0, 0.05) is 12.7 Å². The lowest BCUT2D eigenvalue weighted by Crippen LogP contribution is -2.21. The van der Waals surface area contributed by atoms with Crippen LogP contribution in [0.1, 0.15) is 18.2 Å².